The zero-order chi connectivity index (χ0) is 21.3. The lowest BCUT2D eigenvalue weighted by Crippen LogP contribution is -2.39. The molecule has 0 amide bonds. The molecule has 6 nitrogen and oxygen atoms in total. The van der Waals surface area contributed by atoms with Crippen LogP contribution >= 0.6 is 11.3 Å². The summed E-state index contributed by atoms with van der Waals surface area (Å²) in [6, 6.07) is 8.72. The molecule has 0 radical (unpaired) electrons. The lowest BCUT2D eigenvalue weighted by atomic mass is 10.1. The molecule has 1 aliphatic rings. The molecule has 2 aromatic rings. The number of aryl methyl sites for hydroxylation is 2. The predicted molar refractivity (Wildman–Crippen MR) is 126 cm³/mol. The maximum atomic E-state index is 5.33. The number of aromatic nitrogens is 1. The van der Waals surface area contributed by atoms with Crippen LogP contribution in [0.2, 0.25) is 0 Å². The molecule has 164 valence electrons. The van der Waals surface area contributed by atoms with E-state index in [1.54, 1.807) is 18.4 Å². The second-order valence-corrected chi connectivity index (χ2v) is 8.97. The molecule has 1 aromatic carbocycles. The molecule has 1 fully saturated rings. The summed E-state index contributed by atoms with van der Waals surface area (Å²) in [4.78, 5) is 13.4. The van der Waals surface area contributed by atoms with Crippen LogP contribution in [0.15, 0.2) is 29.3 Å². The van der Waals surface area contributed by atoms with Crippen LogP contribution in [0.1, 0.15) is 46.9 Å². The van der Waals surface area contributed by atoms with Crippen molar-refractivity contribution in [2.24, 2.45) is 4.99 Å². The first-order chi connectivity index (χ1) is 14.6. The number of rotatable bonds is 9. The minimum atomic E-state index is 0.290. The van der Waals surface area contributed by atoms with Gasteiger partial charge in [-0.3, -0.25) is 9.89 Å². The van der Waals surface area contributed by atoms with Gasteiger partial charge in [-0.25, -0.2) is 4.98 Å². The standard InChI is InChI=1S/C23H35N5OS/c1-5-24-23(25-13-12-22-27-17(2)18(3)30-22)26-16-21(28-14-6-7-15-28)19-8-10-20(29-4)11-9-19/h8-11,21H,5-7,12-16H2,1-4H3,(H2,24,25,26). The van der Waals surface area contributed by atoms with Crippen molar-refractivity contribution in [2.75, 3.05) is 39.8 Å². The molecule has 0 spiro atoms. The summed E-state index contributed by atoms with van der Waals surface area (Å²) < 4.78 is 5.33. The lowest BCUT2D eigenvalue weighted by molar-refractivity contribution is 0.251. The number of guanidine groups is 1. The molecule has 3 rings (SSSR count). The van der Waals surface area contributed by atoms with Crippen molar-refractivity contribution in [3.8, 4) is 5.75 Å². The molecule has 0 aliphatic carbocycles. The van der Waals surface area contributed by atoms with E-state index in [2.05, 4.69) is 53.4 Å². The Balaban J connectivity index is 1.65. The predicted octanol–water partition coefficient (Wildman–Crippen LogP) is 3.70. The third-order valence-electron chi connectivity index (χ3n) is 5.55. The van der Waals surface area contributed by atoms with E-state index >= 15 is 0 Å². The number of likely N-dealkylation sites (tertiary alicyclic amines) is 1. The van der Waals surface area contributed by atoms with Crippen molar-refractivity contribution in [1.29, 1.82) is 0 Å². The molecule has 1 atom stereocenters. The van der Waals surface area contributed by atoms with Crippen molar-refractivity contribution in [2.45, 2.75) is 46.1 Å². The first kappa shape index (κ1) is 22.6. The summed E-state index contributed by atoms with van der Waals surface area (Å²) in [5, 5.41) is 8.05. The molecule has 30 heavy (non-hydrogen) atoms. The summed E-state index contributed by atoms with van der Waals surface area (Å²) in [6.45, 7) is 11.0. The molecule has 1 unspecified atom stereocenters. The highest BCUT2D eigenvalue weighted by molar-refractivity contribution is 7.11. The largest absolute Gasteiger partial charge is 0.497 e. The SMILES string of the molecule is CCNC(=NCC(c1ccc(OC)cc1)N1CCCC1)NCCc1nc(C)c(C)s1. The van der Waals surface area contributed by atoms with Crippen LogP contribution < -0.4 is 15.4 Å². The first-order valence-corrected chi connectivity index (χ1v) is 11.8. The number of nitrogens with one attached hydrogen (secondary N) is 2. The molecule has 1 saturated heterocycles. The maximum absolute atomic E-state index is 5.33. The fourth-order valence-electron chi connectivity index (χ4n) is 3.76. The van der Waals surface area contributed by atoms with Gasteiger partial charge in [0.15, 0.2) is 5.96 Å². The van der Waals surface area contributed by atoms with E-state index in [4.69, 9.17) is 9.73 Å². The number of methoxy groups -OCH3 is 1. The summed E-state index contributed by atoms with van der Waals surface area (Å²) in [7, 11) is 1.71. The van der Waals surface area contributed by atoms with Gasteiger partial charge in [0.1, 0.15) is 5.75 Å². The molecule has 1 aromatic heterocycles. The van der Waals surface area contributed by atoms with Crippen molar-refractivity contribution >= 4 is 17.3 Å². The minimum Gasteiger partial charge on any atom is -0.497 e. The van der Waals surface area contributed by atoms with Crippen LogP contribution in [0.5, 0.6) is 5.75 Å². The van der Waals surface area contributed by atoms with Gasteiger partial charge in [-0.1, -0.05) is 12.1 Å². The van der Waals surface area contributed by atoms with Crippen LogP contribution in [0.3, 0.4) is 0 Å². The van der Waals surface area contributed by atoms with Crippen LogP contribution in [0.25, 0.3) is 0 Å². The van der Waals surface area contributed by atoms with E-state index in [-0.39, 0.29) is 6.04 Å². The molecule has 2 N–H and O–H groups in total. The molecular formula is C23H35N5OS. The first-order valence-electron chi connectivity index (χ1n) is 10.9. The Hall–Kier alpha value is -2.12. The van der Waals surface area contributed by atoms with Crippen LogP contribution in [-0.4, -0.2) is 55.7 Å². The zero-order valence-corrected chi connectivity index (χ0v) is 19.5. The third kappa shape index (κ3) is 6.19. The highest BCUT2D eigenvalue weighted by atomic mass is 32.1. The molecular weight excluding hydrogens is 394 g/mol. The fourth-order valence-corrected chi connectivity index (χ4v) is 4.70. The number of aliphatic imine (C=N–C) groups is 1. The molecule has 0 bridgehead atoms. The Morgan fingerprint density at radius 1 is 1.20 bits per heavy atom. The Labute approximate surface area is 184 Å². The van der Waals surface area contributed by atoms with E-state index in [1.165, 1.54) is 28.3 Å². The maximum Gasteiger partial charge on any atom is 0.191 e. The smallest absolute Gasteiger partial charge is 0.191 e. The zero-order valence-electron chi connectivity index (χ0n) is 18.7. The molecule has 0 saturated carbocycles. The molecule has 2 heterocycles. The van der Waals surface area contributed by atoms with E-state index < -0.39 is 0 Å². The second-order valence-electron chi connectivity index (χ2n) is 7.68. The summed E-state index contributed by atoms with van der Waals surface area (Å²) in [5.74, 6) is 1.77. The van der Waals surface area contributed by atoms with Gasteiger partial charge in [-0.15, -0.1) is 11.3 Å². The fraction of sp³-hybridized carbons (Fsp3) is 0.565. The Morgan fingerprint density at radius 2 is 1.93 bits per heavy atom. The minimum absolute atomic E-state index is 0.290. The quantitative estimate of drug-likeness (QED) is 0.470. The number of ether oxygens (including phenoxy) is 1. The van der Waals surface area contributed by atoms with Gasteiger partial charge in [0, 0.05) is 24.4 Å². The van der Waals surface area contributed by atoms with Crippen LogP contribution in [-0.2, 0) is 6.42 Å². The normalized spacial score (nSPS) is 15.9. The average molecular weight is 430 g/mol. The van der Waals surface area contributed by atoms with Crippen molar-refractivity contribution < 1.29 is 4.74 Å². The highest BCUT2D eigenvalue weighted by Gasteiger charge is 2.23. The number of hydrogen-bond donors (Lipinski definition) is 2. The van der Waals surface area contributed by atoms with E-state index in [1.807, 2.05) is 12.1 Å². The van der Waals surface area contributed by atoms with Gasteiger partial charge in [-0.05, 0) is 64.4 Å². The third-order valence-corrected chi connectivity index (χ3v) is 6.69. The highest BCUT2D eigenvalue weighted by Crippen LogP contribution is 2.27. The molecule has 7 heteroatoms. The lowest BCUT2D eigenvalue weighted by Gasteiger charge is -2.27. The Bertz CT molecular complexity index is 792. The van der Waals surface area contributed by atoms with Crippen molar-refractivity contribution in [3.05, 3.63) is 45.4 Å². The Kier molecular flexibility index (Phi) is 8.51. The van der Waals surface area contributed by atoms with Crippen molar-refractivity contribution in [3.63, 3.8) is 0 Å². The average Bonchev–Trinajstić information content (AvgIpc) is 3.39. The second kappa shape index (κ2) is 11.3. The van der Waals surface area contributed by atoms with Gasteiger partial charge in [0.05, 0.1) is 30.4 Å². The molecule has 1 aliphatic heterocycles. The van der Waals surface area contributed by atoms with Crippen LogP contribution in [0, 0.1) is 13.8 Å². The van der Waals surface area contributed by atoms with Crippen LogP contribution in [0.4, 0.5) is 0 Å². The van der Waals surface area contributed by atoms with Gasteiger partial charge in [-0.2, -0.15) is 0 Å². The van der Waals surface area contributed by atoms with E-state index in [9.17, 15) is 0 Å². The summed E-state index contributed by atoms with van der Waals surface area (Å²) >= 11 is 1.79. The van der Waals surface area contributed by atoms with Gasteiger partial charge < -0.3 is 15.4 Å². The van der Waals surface area contributed by atoms with Gasteiger partial charge in [0.2, 0.25) is 0 Å². The number of benzene rings is 1. The van der Waals surface area contributed by atoms with Gasteiger partial charge in [0.25, 0.3) is 0 Å². The van der Waals surface area contributed by atoms with Gasteiger partial charge >= 0.3 is 0 Å². The van der Waals surface area contributed by atoms with E-state index in [0.29, 0.717) is 0 Å². The topological polar surface area (TPSA) is 61.8 Å². The number of nitrogens with zero attached hydrogens (tertiary/aromatic N) is 3. The monoisotopic (exact) mass is 429 g/mol. The number of hydrogen-bond acceptors (Lipinski definition) is 5. The van der Waals surface area contributed by atoms with Crippen molar-refractivity contribution in [1.82, 2.24) is 20.5 Å². The van der Waals surface area contributed by atoms with E-state index in [0.717, 1.165) is 56.5 Å². The Morgan fingerprint density at radius 3 is 2.53 bits per heavy atom. The number of thiazole rings is 1. The summed E-state index contributed by atoms with van der Waals surface area (Å²) in [6.07, 6.45) is 3.44. The summed E-state index contributed by atoms with van der Waals surface area (Å²) in [5.41, 5.74) is 2.44.